The van der Waals surface area contributed by atoms with Crippen LogP contribution in [0, 0.1) is 5.92 Å². The highest BCUT2D eigenvalue weighted by Gasteiger charge is 2.11. The van der Waals surface area contributed by atoms with Crippen LogP contribution in [-0.2, 0) is 25.9 Å². The quantitative estimate of drug-likeness (QED) is 0.659. The molecule has 0 atom stereocenters. The molecule has 0 unspecified atom stereocenters. The van der Waals surface area contributed by atoms with Crippen molar-refractivity contribution in [2.75, 3.05) is 5.32 Å². The Morgan fingerprint density at radius 3 is 3.00 bits per heavy atom. The Kier molecular flexibility index (Phi) is 4.65. The van der Waals surface area contributed by atoms with Crippen LogP contribution >= 0.6 is 0 Å². The molecular formula is C18H25N5. The van der Waals surface area contributed by atoms with Gasteiger partial charge in [-0.3, -0.25) is 0 Å². The number of nitrogens with zero attached hydrogens (tertiary/aromatic N) is 3. The number of imidazole rings is 1. The van der Waals surface area contributed by atoms with Crippen molar-refractivity contribution in [3.63, 3.8) is 0 Å². The zero-order chi connectivity index (χ0) is 16.2. The van der Waals surface area contributed by atoms with Gasteiger partial charge in [0.05, 0.1) is 0 Å². The molecule has 2 aromatic rings. The predicted molar refractivity (Wildman–Crippen MR) is 94.5 cm³/mol. The van der Waals surface area contributed by atoms with Gasteiger partial charge in [0, 0.05) is 24.6 Å². The smallest absolute Gasteiger partial charge is 0.193 e. The summed E-state index contributed by atoms with van der Waals surface area (Å²) in [5, 5.41) is 3.19. The van der Waals surface area contributed by atoms with E-state index in [0.717, 1.165) is 24.5 Å². The minimum absolute atomic E-state index is 0.432. The lowest BCUT2D eigenvalue weighted by atomic mass is 10.1. The van der Waals surface area contributed by atoms with Gasteiger partial charge in [-0.25, -0.2) is 9.98 Å². The van der Waals surface area contributed by atoms with Gasteiger partial charge in [-0.1, -0.05) is 19.9 Å². The molecule has 1 heterocycles. The van der Waals surface area contributed by atoms with Gasteiger partial charge in [0.25, 0.3) is 0 Å². The molecule has 5 nitrogen and oxygen atoms in total. The van der Waals surface area contributed by atoms with Gasteiger partial charge in [0.1, 0.15) is 12.4 Å². The number of hydrogen-bond donors (Lipinski definition) is 2. The minimum Gasteiger partial charge on any atom is -0.370 e. The third kappa shape index (κ3) is 3.92. The minimum atomic E-state index is 0.432. The average molecular weight is 311 g/mol. The maximum atomic E-state index is 6.02. The van der Waals surface area contributed by atoms with E-state index in [0.29, 0.717) is 18.4 Å². The van der Waals surface area contributed by atoms with Crippen LogP contribution in [0.15, 0.2) is 35.6 Å². The molecule has 3 N–H and O–H groups in total. The highest BCUT2D eigenvalue weighted by molar-refractivity contribution is 5.92. The lowest BCUT2D eigenvalue weighted by Crippen LogP contribution is -2.23. The summed E-state index contributed by atoms with van der Waals surface area (Å²) in [6, 6.07) is 6.45. The van der Waals surface area contributed by atoms with Crippen molar-refractivity contribution in [1.29, 1.82) is 0 Å². The summed E-state index contributed by atoms with van der Waals surface area (Å²) >= 11 is 0. The molecule has 0 spiro atoms. The summed E-state index contributed by atoms with van der Waals surface area (Å²) < 4.78 is 2.14. The van der Waals surface area contributed by atoms with E-state index in [1.165, 1.54) is 24.0 Å². The van der Waals surface area contributed by atoms with E-state index >= 15 is 0 Å². The molecule has 0 bridgehead atoms. The van der Waals surface area contributed by atoms with Crippen LogP contribution in [0.3, 0.4) is 0 Å². The second-order valence-electron chi connectivity index (χ2n) is 6.55. The standard InChI is InChI=1S/C18H25N5/c1-13(2)12-23-9-8-20-17(23)11-21-18(19)22-16-7-6-14-4-3-5-15(14)10-16/h6-10,13H,3-5,11-12H2,1-2H3,(H3,19,21,22). The first-order valence-electron chi connectivity index (χ1n) is 8.30. The Bertz CT molecular complexity index is 699. The molecule has 1 aromatic heterocycles. The molecule has 1 aromatic carbocycles. The van der Waals surface area contributed by atoms with E-state index in [9.17, 15) is 0 Å². The molecule has 3 rings (SSSR count). The Morgan fingerprint density at radius 1 is 1.35 bits per heavy atom. The number of rotatable bonds is 5. The van der Waals surface area contributed by atoms with Crippen LogP contribution in [0.2, 0.25) is 0 Å². The largest absolute Gasteiger partial charge is 0.370 e. The number of nitrogens with one attached hydrogen (secondary N) is 1. The SMILES string of the molecule is CC(C)Cn1ccnc1CN=C(N)Nc1ccc2c(c1)CCC2. The van der Waals surface area contributed by atoms with Crippen LogP contribution in [0.4, 0.5) is 5.69 Å². The van der Waals surface area contributed by atoms with E-state index in [2.05, 4.69) is 51.9 Å². The number of fused-ring (bicyclic) bond motifs is 1. The van der Waals surface area contributed by atoms with Gasteiger partial charge in [0.15, 0.2) is 5.96 Å². The van der Waals surface area contributed by atoms with Crippen molar-refractivity contribution in [1.82, 2.24) is 9.55 Å². The first-order chi connectivity index (χ1) is 11.1. The second-order valence-corrected chi connectivity index (χ2v) is 6.55. The third-order valence-electron chi connectivity index (χ3n) is 4.13. The van der Waals surface area contributed by atoms with E-state index in [1.54, 1.807) is 0 Å². The fraction of sp³-hybridized carbons (Fsp3) is 0.444. The van der Waals surface area contributed by atoms with Crippen molar-refractivity contribution in [2.45, 2.75) is 46.2 Å². The normalized spacial score (nSPS) is 14.3. The zero-order valence-corrected chi connectivity index (χ0v) is 13.9. The molecule has 5 heteroatoms. The molecule has 23 heavy (non-hydrogen) atoms. The summed E-state index contributed by atoms with van der Waals surface area (Å²) in [4.78, 5) is 8.79. The first kappa shape index (κ1) is 15.6. The Balaban J connectivity index is 1.63. The van der Waals surface area contributed by atoms with Gasteiger partial charge in [0.2, 0.25) is 0 Å². The Labute approximate surface area is 137 Å². The summed E-state index contributed by atoms with van der Waals surface area (Å²) in [6.07, 6.45) is 7.42. The lowest BCUT2D eigenvalue weighted by molar-refractivity contribution is 0.507. The monoisotopic (exact) mass is 311 g/mol. The number of benzene rings is 1. The first-order valence-corrected chi connectivity index (χ1v) is 8.30. The van der Waals surface area contributed by atoms with Crippen LogP contribution in [0.25, 0.3) is 0 Å². The molecule has 1 aliphatic carbocycles. The van der Waals surface area contributed by atoms with E-state index in [4.69, 9.17) is 5.73 Å². The topological polar surface area (TPSA) is 68.2 Å². The number of guanidine groups is 1. The van der Waals surface area contributed by atoms with Gasteiger partial charge in [-0.05, 0) is 48.4 Å². The zero-order valence-electron chi connectivity index (χ0n) is 13.9. The Morgan fingerprint density at radius 2 is 2.17 bits per heavy atom. The third-order valence-corrected chi connectivity index (χ3v) is 4.13. The number of nitrogens with two attached hydrogens (primary N) is 1. The molecule has 0 amide bonds. The predicted octanol–water partition coefficient (Wildman–Crippen LogP) is 2.95. The Hall–Kier alpha value is -2.30. The number of hydrogen-bond acceptors (Lipinski definition) is 2. The van der Waals surface area contributed by atoms with Gasteiger partial charge in [-0.15, -0.1) is 0 Å². The number of aromatic nitrogens is 2. The van der Waals surface area contributed by atoms with Crippen LogP contribution < -0.4 is 11.1 Å². The maximum absolute atomic E-state index is 6.02. The summed E-state index contributed by atoms with van der Waals surface area (Å²) in [7, 11) is 0. The van der Waals surface area contributed by atoms with Crippen LogP contribution in [0.5, 0.6) is 0 Å². The number of aryl methyl sites for hydroxylation is 2. The van der Waals surface area contributed by atoms with Crippen molar-refractivity contribution < 1.29 is 0 Å². The molecule has 0 fully saturated rings. The second kappa shape index (κ2) is 6.86. The van der Waals surface area contributed by atoms with Crippen LogP contribution in [0.1, 0.15) is 37.2 Å². The van der Waals surface area contributed by atoms with E-state index in [-0.39, 0.29) is 0 Å². The maximum Gasteiger partial charge on any atom is 0.193 e. The molecule has 0 aliphatic heterocycles. The fourth-order valence-electron chi connectivity index (χ4n) is 3.04. The number of anilines is 1. The van der Waals surface area contributed by atoms with Crippen molar-refractivity contribution in [2.24, 2.45) is 16.6 Å². The summed E-state index contributed by atoms with van der Waals surface area (Å²) in [6.45, 7) is 5.82. The molecular weight excluding hydrogens is 286 g/mol. The molecule has 0 saturated heterocycles. The molecule has 1 aliphatic rings. The molecule has 0 radical (unpaired) electrons. The van der Waals surface area contributed by atoms with Crippen molar-refractivity contribution in [3.8, 4) is 0 Å². The van der Waals surface area contributed by atoms with Crippen molar-refractivity contribution >= 4 is 11.6 Å². The fourth-order valence-corrected chi connectivity index (χ4v) is 3.04. The van der Waals surface area contributed by atoms with E-state index < -0.39 is 0 Å². The van der Waals surface area contributed by atoms with Crippen molar-refractivity contribution in [3.05, 3.63) is 47.5 Å². The molecule has 0 saturated carbocycles. The average Bonchev–Trinajstić information content (AvgIpc) is 3.13. The highest BCUT2D eigenvalue weighted by atomic mass is 15.1. The lowest BCUT2D eigenvalue weighted by Gasteiger charge is -2.10. The summed E-state index contributed by atoms with van der Waals surface area (Å²) in [5.41, 5.74) is 9.92. The van der Waals surface area contributed by atoms with Crippen LogP contribution in [-0.4, -0.2) is 15.5 Å². The summed E-state index contributed by atoms with van der Waals surface area (Å²) in [5.74, 6) is 1.95. The highest BCUT2D eigenvalue weighted by Crippen LogP contribution is 2.24. The van der Waals surface area contributed by atoms with Gasteiger partial charge >= 0.3 is 0 Å². The van der Waals surface area contributed by atoms with Gasteiger partial charge in [-0.2, -0.15) is 0 Å². The molecule has 122 valence electrons. The number of aliphatic imine (C=N–C) groups is 1. The van der Waals surface area contributed by atoms with Gasteiger partial charge < -0.3 is 15.6 Å². The van der Waals surface area contributed by atoms with E-state index in [1.807, 2.05) is 12.4 Å².